The van der Waals surface area contributed by atoms with Crippen molar-refractivity contribution in [3.05, 3.63) is 94.9 Å². The zero-order chi connectivity index (χ0) is 22.4. The number of aromatic hydroxyl groups is 1. The lowest BCUT2D eigenvalue weighted by atomic mass is 9.95. The number of fused-ring (bicyclic) bond motifs is 1. The predicted octanol–water partition coefficient (Wildman–Crippen LogP) is 4.55. The lowest BCUT2D eigenvalue weighted by Crippen LogP contribution is -2.29. The number of Topliss-reactive ketones (excluding diaryl/α,β-unsaturated/α-hetero) is 1. The second-order valence-corrected chi connectivity index (χ2v) is 7.77. The second kappa shape index (κ2) is 7.55. The third kappa shape index (κ3) is 3.02. The van der Waals surface area contributed by atoms with Crippen LogP contribution in [0.25, 0.3) is 16.7 Å². The van der Waals surface area contributed by atoms with Crippen LogP contribution in [-0.2, 0) is 9.59 Å². The molecule has 0 spiro atoms. The Hall–Kier alpha value is -4.10. The van der Waals surface area contributed by atoms with Gasteiger partial charge in [-0.1, -0.05) is 29.8 Å². The molecule has 1 saturated heterocycles. The molecule has 0 aliphatic carbocycles. The number of halogens is 1. The van der Waals surface area contributed by atoms with Gasteiger partial charge in [-0.2, -0.15) is 0 Å². The molecule has 7 nitrogen and oxygen atoms in total. The van der Waals surface area contributed by atoms with Crippen molar-refractivity contribution in [1.82, 2.24) is 9.97 Å². The summed E-state index contributed by atoms with van der Waals surface area (Å²) in [5, 5.41) is 22.7. The van der Waals surface area contributed by atoms with Gasteiger partial charge < -0.3 is 15.2 Å². The van der Waals surface area contributed by atoms with Crippen molar-refractivity contribution < 1.29 is 19.8 Å². The molecule has 0 saturated carbocycles. The third-order valence-corrected chi connectivity index (χ3v) is 5.74. The number of nitrogens with zero attached hydrogens (tertiary/aromatic N) is 2. The number of rotatable bonds is 3. The number of carbonyl (C=O) groups is 2. The molecule has 0 radical (unpaired) electrons. The number of nitrogens with one attached hydrogen (secondary N) is 1. The van der Waals surface area contributed by atoms with Gasteiger partial charge in [-0.3, -0.25) is 19.5 Å². The van der Waals surface area contributed by atoms with Crippen molar-refractivity contribution in [2.24, 2.45) is 0 Å². The molecule has 0 bridgehead atoms. The molecule has 8 heteroatoms. The molecule has 158 valence electrons. The standard InChI is InChI=1S/C24H16ClN3O4/c25-14-5-6-19(29)18(11-14)28-21(13-7-9-26-10-8-13)20(23(31)24(28)32)22(30)16-12-27-17-4-2-1-3-15(16)17/h1-12,21,27,29-30H/b22-20-. The number of hydrogen-bond donors (Lipinski definition) is 3. The van der Waals surface area contributed by atoms with E-state index in [9.17, 15) is 19.8 Å². The van der Waals surface area contributed by atoms with E-state index in [1.807, 2.05) is 18.2 Å². The van der Waals surface area contributed by atoms with E-state index < -0.39 is 17.7 Å². The quantitative estimate of drug-likeness (QED) is 0.244. The van der Waals surface area contributed by atoms with Gasteiger partial charge in [0.05, 0.1) is 17.3 Å². The molecule has 5 rings (SSSR count). The van der Waals surface area contributed by atoms with Crippen molar-refractivity contribution >= 4 is 45.6 Å². The van der Waals surface area contributed by atoms with E-state index in [1.165, 1.54) is 30.6 Å². The number of phenolic OH excluding ortho intramolecular Hbond substituents is 1. The number of pyridine rings is 1. The summed E-state index contributed by atoms with van der Waals surface area (Å²) in [4.78, 5) is 34.6. The first-order valence-electron chi connectivity index (χ1n) is 9.73. The molecule has 1 fully saturated rings. The first kappa shape index (κ1) is 19.8. The highest BCUT2D eigenvalue weighted by atomic mass is 35.5. The maximum atomic E-state index is 13.2. The van der Waals surface area contributed by atoms with Crippen LogP contribution >= 0.6 is 11.6 Å². The van der Waals surface area contributed by atoms with Crippen LogP contribution in [0.5, 0.6) is 5.75 Å². The maximum Gasteiger partial charge on any atom is 0.300 e. The number of aliphatic hydroxyl groups excluding tert-OH is 1. The fourth-order valence-corrected chi connectivity index (χ4v) is 4.21. The Labute approximate surface area is 187 Å². The van der Waals surface area contributed by atoms with E-state index in [1.54, 1.807) is 24.4 Å². The van der Waals surface area contributed by atoms with Crippen molar-refractivity contribution in [3.63, 3.8) is 0 Å². The van der Waals surface area contributed by atoms with Gasteiger partial charge in [-0.05, 0) is 42.0 Å². The average Bonchev–Trinajstić information content (AvgIpc) is 3.35. The monoisotopic (exact) mass is 445 g/mol. The van der Waals surface area contributed by atoms with E-state index in [0.717, 1.165) is 10.4 Å². The van der Waals surface area contributed by atoms with E-state index >= 15 is 0 Å². The van der Waals surface area contributed by atoms with Crippen molar-refractivity contribution in [1.29, 1.82) is 0 Å². The van der Waals surface area contributed by atoms with Gasteiger partial charge in [0, 0.05) is 40.1 Å². The topological polar surface area (TPSA) is 107 Å². The van der Waals surface area contributed by atoms with E-state index in [0.29, 0.717) is 16.5 Å². The number of anilines is 1. The summed E-state index contributed by atoms with van der Waals surface area (Å²) in [6.07, 6.45) is 4.64. The molecular weight excluding hydrogens is 430 g/mol. The van der Waals surface area contributed by atoms with Crippen LogP contribution in [0.15, 0.2) is 78.8 Å². The number of aliphatic hydroxyl groups is 1. The zero-order valence-corrected chi connectivity index (χ0v) is 17.2. The fourth-order valence-electron chi connectivity index (χ4n) is 4.04. The average molecular weight is 446 g/mol. The molecule has 2 aromatic heterocycles. The molecule has 32 heavy (non-hydrogen) atoms. The number of ketones is 1. The highest BCUT2D eigenvalue weighted by molar-refractivity contribution is 6.52. The third-order valence-electron chi connectivity index (χ3n) is 5.51. The van der Waals surface area contributed by atoms with Gasteiger partial charge in [0.1, 0.15) is 11.5 Å². The Bertz CT molecular complexity index is 1410. The minimum atomic E-state index is -0.990. The molecule has 4 aromatic rings. The Balaban J connectivity index is 1.78. The number of H-pyrrole nitrogens is 1. The first-order chi connectivity index (χ1) is 15.5. The maximum absolute atomic E-state index is 13.2. The molecule has 1 unspecified atom stereocenters. The second-order valence-electron chi connectivity index (χ2n) is 7.33. The predicted molar refractivity (Wildman–Crippen MR) is 120 cm³/mol. The first-order valence-corrected chi connectivity index (χ1v) is 10.1. The highest BCUT2D eigenvalue weighted by Gasteiger charge is 2.48. The lowest BCUT2D eigenvalue weighted by molar-refractivity contribution is -0.132. The van der Waals surface area contributed by atoms with Crippen LogP contribution in [0.3, 0.4) is 0 Å². The molecule has 2 aromatic carbocycles. The summed E-state index contributed by atoms with van der Waals surface area (Å²) in [6, 6.07) is 13.8. The van der Waals surface area contributed by atoms with Gasteiger partial charge >= 0.3 is 0 Å². The largest absolute Gasteiger partial charge is 0.507 e. The van der Waals surface area contributed by atoms with Crippen molar-refractivity contribution in [2.75, 3.05) is 4.90 Å². The number of benzene rings is 2. The van der Waals surface area contributed by atoms with Crippen LogP contribution in [0, 0.1) is 0 Å². The SMILES string of the molecule is O=C1C(=O)N(c2cc(Cl)ccc2O)C(c2ccncc2)/C1=C(/O)c1c[nH]c2ccccc12. The number of carbonyl (C=O) groups excluding carboxylic acids is 2. The molecule has 1 atom stereocenters. The van der Waals surface area contributed by atoms with Crippen LogP contribution in [0.1, 0.15) is 17.2 Å². The minimum absolute atomic E-state index is 0.0689. The number of para-hydroxylation sites is 1. The summed E-state index contributed by atoms with van der Waals surface area (Å²) < 4.78 is 0. The normalized spacial score (nSPS) is 17.9. The molecule has 1 amide bonds. The Morgan fingerprint density at radius 1 is 1.06 bits per heavy atom. The van der Waals surface area contributed by atoms with E-state index in [-0.39, 0.29) is 27.8 Å². The smallest absolute Gasteiger partial charge is 0.300 e. The zero-order valence-electron chi connectivity index (χ0n) is 16.5. The highest BCUT2D eigenvalue weighted by Crippen LogP contribution is 2.45. The summed E-state index contributed by atoms with van der Waals surface area (Å²) in [6.45, 7) is 0. The van der Waals surface area contributed by atoms with Crippen molar-refractivity contribution in [3.8, 4) is 5.75 Å². The summed E-state index contributed by atoms with van der Waals surface area (Å²) in [5.74, 6) is -2.28. The van der Waals surface area contributed by atoms with E-state index in [4.69, 9.17) is 11.6 Å². The van der Waals surface area contributed by atoms with Crippen LogP contribution < -0.4 is 4.90 Å². The number of amides is 1. The Morgan fingerprint density at radius 2 is 1.81 bits per heavy atom. The summed E-state index contributed by atoms with van der Waals surface area (Å²) in [7, 11) is 0. The number of hydrogen-bond acceptors (Lipinski definition) is 5. The lowest BCUT2D eigenvalue weighted by Gasteiger charge is -2.26. The fraction of sp³-hybridized carbons (Fsp3) is 0.0417. The Morgan fingerprint density at radius 3 is 2.59 bits per heavy atom. The number of aromatic amines is 1. The Kier molecular flexibility index (Phi) is 4.68. The molecular formula is C24H16ClN3O4. The molecule has 3 N–H and O–H groups in total. The minimum Gasteiger partial charge on any atom is -0.507 e. The van der Waals surface area contributed by atoms with Gasteiger partial charge in [-0.25, -0.2) is 0 Å². The number of phenols is 1. The summed E-state index contributed by atoms with van der Waals surface area (Å²) in [5.41, 5.74) is 1.69. The van der Waals surface area contributed by atoms with Gasteiger partial charge in [0.2, 0.25) is 0 Å². The van der Waals surface area contributed by atoms with Gasteiger partial charge in [0.15, 0.2) is 0 Å². The summed E-state index contributed by atoms with van der Waals surface area (Å²) >= 11 is 6.11. The molecule has 1 aliphatic rings. The van der Waals surface area contributed by atoms with Crippen molar-refractivity contribution in [2.45, 2.75) is 6.04 Å². The van der Waals surface area contributed by atoms with Gasteiger partial charge in [-0.15, -0.1) is 0 Å². The van der Waals surface area contributed by atoms with Crippen LogP contribution in [-0.4, -0.2) is 31.9 Å². The van der Waals surface area contributed by atoms with Gasteiger partial charge in [0.25, 0.3) is 11.7 Å². The molecule has 3 heterocycles. The van der Waals surface area contributed by atoms with Crippen LogP contribution in [0.2, 0.25) is 5.02 Å². The van der Waals surface area contributed by atoms with E-state index in [2.05, 4.69) is 9.97 Å². The van der Waals surface area contributed by atoms with Crippen LogP contribution in [0.4, 0.5) is 5.69 Å². The molecule has 1 aliphatic heterocycles. The number of aromatic nitrogens is 2.